The molecule has 0 saturated carbocycles. The number of thiazole rings is 1. The molecule has 1 saturated heterocycles. The van der Waals surface area contributed by atoms with E-state index in [0.717, 1.165) is 58.5 Å². The lowest BCUT2D eigenvalue weighted by Crippen LogP contribution is -2.44. The number of hydrogen-bond acceptors (Lipinski definition) is 6. The lowest BCUT2D eigenvalue weighted by molar-refractivity contribution is 0.0931. The van der Waals surface area contributed by atoms with E-state index >= 15 is 0 Å². The molecule has 8 heteroatoms. The van der Waals surface area contributed by atoms with Crippen molar-refractivity contribution in [1.82, 2.24) is 20.1 Å². The Morgan fingerprint density at radius 2 is 1.81 bits per heavy atom. The second-order valence-electron chi connectivity index (χ2n) is 7.95. The number of nitrogens with one attached hydrogen (secondary N) is 1. The van der Waals surface area contributed by atoms with Crippen molar-refractivity contribution in [3.8, 4) is 11.4 Å². The van der Waals surface area contributed by atoms with Gasteiger partial charge < -0.3 is 15.0 Å². The van der Waals surface area contributed by atoms with Crippen molar-refractivity contribution in [3.63, 3.8) is 0 Å². The first-order chi connectivity index (χ1) is 15.6. The second-order valence-corrected chi connectivity index (χ2v) is 8.92. The minimum absolute atomic E-state index is 0.000699. The van der Waals surface area contributed by atoms with Crippen LogP contribution in [-0.4, -0.2) is 46.9 Å². The zero-order valence-electron chi connectivity index (χ0n) is 18.1. The van der Waals surface area contributed by atoms with Crippen molar-refractivity contribution < 1.29 is 9.53 Å². The van der Waals surface area contributed by atoms with Gasteiger partial charge in [0.1, 0.15) is 5.75 Å². The summed E-state index contributed by atoms with van der Waals surface area (Å²) in [5.74, 6) is 0.814. The minimum Gasteiger partial charge on any atom is -0.497 e. The standard InChI is InChI=1S/C24H25N5O2S/c1-16-21-22(29(27-16)19-8-10-20(31-2)11-9-19)26-24(32-21)28-14-12-18(13-15-28)25-23(30)17-6-4-3-5-7-17/h3-11,18H,12-15H2,1-2H3,(H,25,30). The normalized spacial score (nSPS) is 14.6. The molecule has 0 atom stereocenters. The van der Waals surface area contributed by atoms with Crippen molar-refractivity contribution in [2.24, 2.45) is 0 Å². The second kappa shape index (κ2) is 8.63. The van der Waals surface area contributed by atoms with E-state index < -0.39 is 0 Å². The number of amides is 1. The average molecular weight is 448 g/mol. The van der Waals surface area contributed by atoms with E-state index in [9.17, 15) is 4.79 Å². The first kappa shape index (κ1) is 20.5. The highest BCUT2D eigenvalue weighted by atomic mass is 32.1. The molecule has 1 amide bonds. The highest BCUT2D eigenvalue weighted by Gasteiger charge is 2.25. The molecule has 0 unspecified atom stereocenters. The van der Waals surface area contributed by atoms with Crippen LogP contribution < -0.4 is 15.0 Å². The number of carbonyl (C=O) groups is 1. The van der Waals surface area contributed by atoms with Gasteiger partial charge in [0.25, 0.3) is 5.91 Å². The number of rotatable bonds is 5. The maximum Gasteiger partial charge on any atom is 0.251 e. The fourth-order valence-electron chi connectivity index (χ4n) is 4.04. The Hall–Kier alpha value is -3.39. The van der Waals surface area contributed by atoms with Gasteiger partial charge in [0, 0.05) is 24.7 Å². The van der Waals surface area contributed by atoms with Crippen LogP contribution >= 0.6 is 11.3 Å². The van der Waals surface area contributed by atoms with Crippen molar-refractivity contribution in [1.29, 1.82) is 0 Å². The van der Waals surface area contributed by atoms with Crippen LogP contribution in [0.2, 0.25) is 0 Å². The predicted molar refractivity (Wildman–Crippen MR) is 127 cm³/mol. The first-order valence-corrected chi connectivity index (χ1v) is 11.6. The molecule has 1 aliphatic heterocycles. The molecule has 164 valence electrons. The number of methoxy groups -OCH3 is 1. The molecule has 3 heterocycles. The van der Waals surface area contributed by atoms with E-state index in [4.69, 9.17) is 14.8 Å². The third kappa shape index (κ3) is 3.93. The Labute approximate surface area is 190 Å². The number of anilines is 1. The van der Waals surface area contributed by atoms with Gasteiger partial charge in [-0.05, 0) is 56.2 Å². The molecule has 5 rings (SSSR count). The summed E-state index contributed by atoms with van der Waals surface area (Å²) in [6.07, 6.45) is 1.80. The largest absolute Gasteiger partial charge is 0.497 e. The van der Waals surface area contributed by atoms with Crippen molar-refractivity contribution in [3.05, 3.63) is 65.9 Å². The van der Waals surface area contributed by atoms with Crippen LogP contribution in [0.4, 0.5) is 5.13 Å². The van der Waals surface area contributed by atoms with Crippen LogP contribution in [0.15, 0.2) is 54.6 Å². The summed E-state index contributed by atoms with van der Waals surface area (Å²) < 4.78 is 8.27. The number of benzene rings is 2. The first-order valence-electron chi connectivity index (χ1n) is 10.7. The van der Waals surface area contributed by atoms with Crippen LogP contribution in [-0.2, 0) is 0 Å². The van der Waals surface area contributed by atoms with E-state index in [2.05, 4.69) is 10.2 Å². The van der Waals surface area contributed by atoms with Gasteiger partial charge in [0.05, 0.1) is 23.2 Å². The van der Waals surface area contributed by atoms with Gasteiger partial charge in [-0.1, -0.05) is 29.5 Å². The van der Waals surface area contributed by atoms with E-state index in [0.29, 0.717) is 5.56 Å². The molecule has 4 aromatic rings. The highest BCUT2D eigenvalue weighted by Crippen LogP contribution is 2.34. The van der Waals surface area contributed by atoms with E-state index in [1.165, 1.54) is 0 Å². The highest BCUT2D eigenvalue weighted by molar-refractivity contribution is 7.22. The van der Waals surface area contributed by atoms with Gasteiger partial charge in [0.15, 0.2) is 10.8 Å². The summed E-state index contributed by atoms with van der Waals surface area (Å²) >= 11 is 1.69. The molecule has 0 spiro atoms. The van der Waals surface area contributed by atoms with Crippen molar-refractivity contribution in [2.75, 3.05) is 25.1 Å². The van der Waals surface area contributed by atoms with Gasteiger partial charge in [-0.15, -0.1) is 0 Å². The fourth-order valence-corrected chi connectivity index (χ4v) is 5.07. The quantitative estimate of drug-likeness (QED) is 0.497. The van der Waals surface area contributed by atoms with E-state index in [1.807, 2.05) is 66.2 Å². The Balaban J connectivity index is 1.29. The Bertz CT molecular complexity index is 1220. The smallest absolute Gasteiger partial charge is 0.251 e. The summed E-state index contributed by atoms with van der Waals surface area (Å²) in [6, 6.07) is 17.4. The zero-order chi connectivity index (χ0) is 22.1. The Morgan fingerprint density at radius 3 is 2.50 bits per heavy atom. The average Bonchev–Trinajstić information content (AvgIpc) is 3.41. The number of fused-ring (bicyclic) bond motifs is 1. The van der Waals surface area contributed by atoms with Crippen LogP contribution in [0.3, 0.4) is 0 Å². The number of nitrogens with zero attached hydrogens (tertiary/aromatic N) is 4. The number of aromatic nitrogens is 3. The van der Waals surface area contributed by atoms with Crippen molar-refractivity contribution >= 4 is 32.7 Å². The predicted octanol–water partition coefficient (Wildman–Crippen LogP) is 4.20. The molecule has 2 aromatic heterocycles. The third-order valence-electron chi connectivity index (χ3n) is 5.83. The number of piperidine rings is 1. The molecule has 0 bridgehead atoms. The minimum atomic E-state index is -0.000699. The lowest BCUT2D eigenvalue weighted by Gasteiger charge is -2.32. The molecule has 32 heavy (non-hydrogen) atoms. The number of aryl methyl sites for hydroxylation is 1. The molecular formula is C24H25N5O2S. The van der Waals surface area contributed by atoms with Gasteiger partial charge in [-0.2, -0.15) is 10.1 Å². The topological polar surface area (TPSA) is 72.3 Å². The molecule has 0 radical (unpaired) electrons. The van der Waals surface area contributed by atoms with Gasteiger partial charge >= 0.3 is 0 Å². The van der Waals surface area contributed by atoms with Gasteiger partial charge in [0.2, 0.25) is 0 Å². The summed E-state index contributed by atoms with van der Waals surface area (Å²) in [4.78, 5) is 19.7. The monoisotopic (exact) mass is 447 g/mol. The van der Waals surface area contributed by atoms with Crippen LogP contribution in [0.1, 0.15) is 28.9 Å². The maximum atomic E-state index is 12.4. The molecule has 2 aromatic carbocycles. The zero-order valence-corrected chi connectivity index (χ0v) is 18.9. The summed E-state index contributed by atoms with van der Waals surface area (Å²) in [6.45, 7) is 3.76. The van der Waals surface area contributed by atoms with Crippen LogP contribution in [0, 0.1) is 6.92 Å². The molecular weight excluding hydrogens is 422 g/mol. The summed E-state index contributed by atoms with van der Waals surface area (Å²) in [7, 11) is 1.66. The SMILES string of the molecule is COc1ccc(-n2nc(C)c3sc(N4CCC(NC(=O)c5ccccc5)CC4)nc32)cc1. The summed E-state index contributed by atoms with van der Waals surface area (Å²) in [5, 5.41) is 8.87. The van der Waals surface area contributed by atoms with E-state index in [1.54, 1.807) is 18.4 Å². The molecule has 0 aliphatic carbocycles. The number of carbonyl (C=O) groups excluding carboxylic acids is 1. The molecule has 7 nitrogen and oxygen atoms in total. The van der Waals surface area contributed by atoms with Gasteiger partial charge in [-0.3, -0.25) is 4.79 Å². The van der Waals surface area contributed by atoms with Gasteiger partial charge in [-0.25, -0.2) is 4.68 Å². The molecule has 1 fully saturated rings. The summed E-state index contributed by atoms with van der Waals surface area (Å²) in [5.41, 5.74) is 3.53. The third-order valence-corrected chi connectivity index (χ3v) is 7.05. The fraction of sp³-hybridized carbons (Fsp3) is 0.292. The Morgan fingerprint density at radius 1 is 1.09 bits per heavy atom. The number of ether oxygens (including phenoxy) is 1. The maximum absolute atomic E-state index is 12.4. The lowest BCUT2D eigenvalue weighted by atomic mass is 10.0. The van der Waals surface area contributed by atoms with Crippen molar-refractivity contribution in [2.45, 2.75) is 25.8 Å². The number of hydrogen-bond donors (Lipinski definition) is 1. The van der Waals surface area contributed by atoms with E-state index in [-0.39, 0.29) is 11.9 Å². The molecule has 1 N–H and O–H groups in total. The molecule has 1 aliphatic rings. The van der Waals surface area contributed by atoms with Crippen LogP contribution in [0.5, 0.6) is 5.75 Å². The Kier molecular flexibility index (Phi) is 5.53. The van der Waals surface area contributed by atoms with Crippen LogP contribution in [0.25, 0.3) is 16.0 Å².